The van der Waals surface area contributed by atoms with Crippen molar-refractivity contribution >= 4 is 49.9 Å². The van der Waals surface area contributed by atoms with Gasteiger partial charge >= 0.3 is 27.1 Å². The Morgan fingerprint density at radius 1 is 0.261 bits per heavy atom. The van der Waals surface area contributed by atoms with E-state index in [9.17, 15) is 9.59 Å². The van der Waals surface area contributed by atoms with Gasteiger partial charge < -0.3 is 27.6 Å². The first-order valence-electron chi connectivity index (χ1n) is 50.9. The molecule has 0 saturated carbocycles. The van der Waals surface area contributed by atoms with Gasteiger partial charge in [0.1, 0.15) is 23.0 Å². The topological polar surface area (TPSA) is 89.5 Å². The molecule has 8 nitrogen and oxygen atoms in total. The van der Waals surface area contributed by atoms with Gasteiger partial charge in [-0.15, -0.1) is 0 Å². The Bertz CT molecular complexity index is 2700. The summed E-state index contributed by atoms with van der Waals surface area (Å²) in [5.41, 5.74) is 4.78. The number of hydrogen-bond donors (Lipinski definition) is 0. The number of aryl methyl sites for hydroxylation is 2. The van der Waals surface area contributed by atoms with Gasteiger partial charge in [0, 0.05) is 29.8 Å². The molecule has 0 bridgehead atoms. The highest BCUT2D eigenvalue weighted by Gasteiger charge is 2.26. The number of carbonyl (C=O) groups is 2. The van der Waals surface area contributed by atoms with Crippen LogP contribution in [0.1, 0.15) is 500 Å². The predicted molar refractivity (Wildman–Crippen MR) is 525 cm³/mol. The molecule has 0 radical (unpaired) electrons. The average molecular weight is 1720 g/mol. The van der Waals surface area contributed by atoms with Crippen LogP contribution < -0.4 is 18.1 Å². The summed E-state index contributed by atoms with van der Waals surface area (Å²) in [4.78, 5) is 24.7. The molecule has 0 aliphatic carbocycles. The molecule has 680 valence electrons. The molecule has 4 rings (SSSR count). The second-order valence-corrected chi connectivity index (χ2v) is 42.0. The van der Waals surface area contributed by atoms with Crippen molar-refractivity contribution in [3.63, 3.8) is 0 Å². The van der Waals surface area contributed by atoms with Crippen LogP contribution in [0.4, 0.5) is 0 Å². The van der Waals surface area contributed by atoms with Gasteiger partial charge in [0.25, 0.3) is 0 Å². The molecule has 12 heteroatoms. The van der Waals surface area contributed by atoms with Gasteiger partial charge in [0.15, 0.2) is 0 Å². The second-order valence-electron chi connectivity index (χ2n) is 35.7. The van der Waals surface area contributed by atoms with Gasteiger partial charge in [-0.1, -0.05) is 475 Å². The molecule has 0 fully saturated rings. The lowest BCUT2D eigenvalue weighted by Crippen LogP contribution is -2.18. The second kappa shape index (κ2) is 79.2. The quantitative estimate of drug-likeness (QED) is 0.0242. The van der Waals surface area contributed by atoms with Crippen LogP contribution in [0.15, 0.2) is 97.1 Å². The zero-order valence-electron chi connectivity index (χ0n) is 78.0. The smallest absolute Gasteiger partial charge is 0.360 e. The fraction of sp³-hybridized carbons (Fsp3) is 0.757. The third-order valence-corrected chi connectivity index (χ3v) is 30.4. The van der Waals surface area contributed by atoms with Crippen LogP contribution >= 0.6 is 37.9 Å². The minimum atomic E-state index is -1.30. The molecule has 2 unspecified atom stereocenters. The summed E-state index contributed by atoms with van der Waals surface area (Å²) < 4.78 is 39.0. The lowest BCUT2D eigenvalue weighted by molar-refractivity contribution is -0.144. The van der Waals surface area contributed by atoms with E-state index in [1.165, 1.54) is 395 Å². The molecule has 0 aliphatic heterocycles. The van der Waals surface area contributed by atoms with Crippen LogP contribution in [0.2, 0.25) is 0 Å². The average Bonchev–Trinajstić information content (AvgIpc) is 0.800. The summed E-state index contributed by atoms with van der Waals surface area (Å²) in [5, 5.41) is 0. The van der Waals surface area contributed by atoms with Gasteiger partial charge in [-0.25, -0.2) is 0 Å². The van der Waals surface area contributed by atoms with Crippen molar-refractivity contribution in [1.82, 2.24) is 0 Å². The molecule has 0 aromatic heterocycles. The Balaban J connectivity index is 1.25. The number of para-hydroxylation sites is 2. The number of rotatable bonds is 88. The summed E-state index contributed by atoms with van der Waals surface area (Å²) in [5.74, 6) is 5.67. The van der Waals surface area contributed by atoms with Gasteiger partial charge in [0.2, 0.25) is 0 Å². The molecule has 0 heterocycles. The highest BCUT2D eigenvalue weighted by Crippen LogP contribution is 2.55. The van der Waals surface area contributed by atoms with Crippen molar-refractivity contribution < 1.29 is 37.2 Å². The fourth-order valence-corrected chi connectivity index (χ4v) is 22.1. The first kappa shape index (κ1) is 108. The molecule has 0 saturated heterocycles. The van der Waals surface area contributed by atoms with E-state index in [-0.39, 0.29) is 17.4 Å². The number of benzene rings is 4. The Labute approximate surface area is 745 Å². The number of carbonyl (C=O) groups excluding carboxylic acids is 2. The third-order valence-electron chi connectivity index (χ3n) is 24.4. The molecule has 4 aromatic carbocycles. The normalized spacial score (nSPS) is 12.2. The van der Waals surface area contributed by atoms with E-state index in [2.05, 4.69) is 139 Å². The van der Waals surface area contributed by atoms with E-state index in [1.54, 1.807) is 0 Å². The van der Waals surface area contributed by atoms with Crippen LogP contribution in [0.25, 0.3) is 0 Å². The van der Waals surface area contributed by atoms with Gasteiger partial charge in [-0.3, -0.25) is 9.59 Å². The molecular weight excluding hydrogens is 1540 g/mol. The van der Waals surface area contributed by atoms with Crippen LogP contribution in [-0.4, -0.2) is 36.7 Å². The van der Waals surface area contributed by atoms with Crippen molar-refractivity contribution in [3.8, 4) is 23.0 Å². The predicted octanol–water partition coefficient (Wildman–Crippen LogP) is 37.6. The van der Waals surface area contributed by atoms with Crippen molar-refractivity contribution in [2.45, 2.75) is 496 Å². The van der Waals surface area contributed by atoms with Crippen LogP contribution in [-0.2, 0) is 37.3 Å². The van der Waals surface area contributed by atoms with Crippen molar-refractivity contribution in [2.24, 2.45) is 0 Å². The van der Waals surface area contributed by atoms with E-state index in [0.29, 0.717) is 26.1 Å². The Hall–Kier alpha value is -3.42. The zero-order chi connectivity index (χ0) is 84.7. The van der Waals surface area contributed by atoms with E-state index in [0.717, 1.165) is 98.7 Å². The molecule has 2 atom stereocenters. The number of ether oxygens (including phenoxy) is 2. The molecule has 0 amide bonds. The van der Waals surface area contributed by atoms with E-state index < -0.39 is 15.2 Å². The van der Waals surface area contributed by atoms with Crippen LogP contribution in [0.5, 0.6) is 23.0 Å². The van der Waals surface area contributed by atoms with Gasteiger partial charge in [0.05, 0.1) is 13.2 Å². The van der Waals surface area contributed by atoms with E-state index >= 15 is 0 Å². The minimum absolute atomic E-state index is 0.000748. The summed E-state index contributed by atoms with van der Waals surface area (Å²) in [6, 6.07) is 35.1. The maximum Gasteiger partial charge on any atom is 0.360 e. The largest absolute Gasteiger partial charge is 0.466 e. The summed E-state index contributed by atoms with van der Waals surface area (Å²) in [7, 11) is -2.59. The molecule has 0 N–H and O–H groups in total. The Morgan fingerprint density at radius 3 is 0.756 bits per heavy atom. The summed E-state index contributed by atoms with van der Waals surface area (Å²) in [6.45, 7) is 15.0. The van der Waals surface area contributed by atoms with E-state index in [1.807, 2.05) is 22.8 Å². The summed E-state index contributed by atoms with van der Waals surface area (Å²) >= 11 is 3.72. The highest BCUT2D eigenvalue weighted by molar-refractivity contribution is 8.53. The molecule has 4 aromatic rings. The SMILES string of the molecule is CCCCCCCCCCCCCOC(=O)CCCCCCCCCCCCCSP(Oc1ccc(C(C)(C)c2ccc(OP(Oc3ccccc3CCCCCCCCCCCCC)SCCCCCCCCCCCCCC(=O)OCCCCCCCCCCCCC)cc2)cc1)Oc1ccccc1CCCCCCCCCCCCC. The standard InChI is InChI=1S/C107H182O8P2S2/c1-7-11-15-19-23-27-33-41-49-57-65-77-97-79-69-71-81-103(97)114-116(118-95-75-63-55-47-39-31-35-43-51-59-67-83-105(108)110-93-73-61-53-45-37-29-25-21-17-13-9-3)112-101-89-85-99(86-90-101)107(5,6)100-87-91-102(92-88-100)113-117(115-104-82-72-70-80-98(104)78-66-58-50-42-34-28-24-20-16-12-8-2)119-96-76-64-56-48-40-32-36-44-52-60-68-84-106(109)111-94-74-62-54-46-38-30-26-22-18-14-10-4/h69-72,79-82,85-92H,7-68,73-78,83-84,93-96H2,1-6H3. The fourth-order valence-electron chi connectivity index (χ4n) is 16.3. The maximum absolute atomic E-state index is 12.3. The third kappa shape index (κ3) is 60.8. The lowest BCUT2D eigenvalue weighted by atomic mass is 9.78. The van der Waals surface area contributed by atoms with Gasteiger partial charge in [-0.2, -0.15) is 0 Å². The van der Waals surface area contributed by atoms with Crippen molar-refractivity contribution in [3.05, 3.63) is 119 Å². The zero-order valence-corrected chi connectivity index (χ0v) is 81.5. The molecular formula is C107H182O8P2S2. The first-order valence-corrected chi connectivity index (χ1v) is 56.5. The highest BCUT2D eigenvalue weighted by atomic mass is 32.7. The molecule has 0 aliphatic rings. The Kier molecular flexibility index (Phi) is 71.9. The van der Waals surface area contributed by atoms with Gasteiger partial charge in [-0.05, 0) is 146 Å². The first-order chi connectivity index (χ1) is 58.7. The Morgan fingerprint density at radius 2 is 0.487 bits per heavy atom. The minimum Gasteiger partial charge on any atom is -0.466 e. The molecule has 119 heavy (non-hydrogen) atoms. The number of hydrogen-bond acceptors (Lipinski definition) is 10. The van der Waals surface area contributed by atoms with Crippen molar-refractivity contribution in [2.75, 3.05) is 24.7 Å². The maximum atomic E-state index is 12.3. The number of unbranched alkanes of at least 4 members (excludes halogenated alkanes) is 60. The number of esters is 2. The molecule has 0 spiro atoms. The van der Waals surface area contributed by atoms with Crippen molar-refractivity contribution in [1.29, 1.82) is 0 Å². The summed E-state index contributed by atoms with van der Waals surface area (Å²) in [6.07, 6.45) is 88.4. The van der Waals surface area contributed by atoms with Crippen LogP contribution in [0.3, 0.4) is 0 Å². The van der Waals surface area contributed by atoms with Crippen LogP contribution in [0, 0.1) is 0 Å². The van der Waals surface area contributed by atoms with E-state index in [4.69, 9.17) is 27.6 Å². The lowest BCUT2D eigenvalue weighted by Gasteiger charge is -2.27. The monoisotopic (exact) mass is 1720 g/mol.